The van der Waals surface area contributed by atoms with Crippen molar-refractivity contribution in [2.75, 3.05) is 7.11 Å². The number of aromatic amines is 1. The van der Waals surface area contributed by atoms with Gasteiger partial charge in [-0.25, -0.2) is 0 Å². The number of benzene rings is 1. The second-order valence-corrected chi connectivity index (χ2v) is 4.13. The van der Waals surface area contributed by atoms with Crippen LogP contribution in [0.15, 0.2) is 60.0 Å². The predicted octanol–water partition coefficient (Wildman–Crippen LogP) is 2.96. The highest BCUT2D eigenvalue weighted by Crippen LogP contribution is 2.17. The maximum Gasteiger partial charge on any atom is 0.133 e. The highest BCUT2D eigenvalue weighted by atomic mass is 16.6. The number of H-pyrrole nitrogens is 1. The molecular weight excluding hydrogens is 238 g/mol. The van der Waals surface area contributed by atoms with Gasteiger partial charge in [-0.3, -0.25) is 4.98 Å². The molecule has 1 N–H and O–H groups in total. The molecule has 0 aliphatic heterocycles. The van der Waals surface area contributed by atoms with Gasteiger partial charge >= 0.3 is 0 Å². The average Bonchev–Trinajstić information content (AvgIpc) is 2.89. The van der Waals surface area contributed by atoms with Gasteiger partial charge in [0.25, 0.3) is 0 Å². The maximum atomic E-state index is 4.96. The van der Waals surface area contributed by atoms with Gasteiger partial charge in [0, 0.05) is 17.1 Å². The zero-order chi connectivity index (χ0) is 13.1. The van der Waals surface area contributed by atoms with Crippen LogP contribution >= 0.6 is 0 Å². The minimum Gasteiger partial charge on any atom is -0.399 e. The third-order valence-corrected chi connectivity index (χ3v) is 2.91. The smallest absolute Gasteiger partial charge is 0.133 e. The molecular formula is C15H13N3O. The number of pyridine rings is 1. The van der Waals surface area contributed by atoms with Gasteiger partial charge in [0.2, 0.25) is 0 Å². The number of oxime groups is 1. The summed E-state index contributed by atoms with van der Waals surface area (Å²) in [6.45, 7) is 0. The first kappa shape index (κ1) is 11.5. The molecule has 0 amide bonds. The highest BCUT2D eigenvalue weighted by molar-refractivity contribution is 6.13. The lowest BCUT2D eigenvalue weighted by Crippen LogP contribution is -2.04. The Morgan fingerprint density at radius 2 is 2.05 bits per heavy atom. The van der Waals surface area contributed by atoms with E-state index in [1.54, 1.807) is 19.5 Å². The van der Waals surface area contributed by atoms with Crippen LogP contribution in [0.25, 0.3) is 10.9 Å². The van der Waals surface area contributed by atoms with Gasteiger partial charge in [0.15, 0.2) is 0 Å². The number of hydrogen-bond acceptors (Lipinski definition) is 3. The average molecular weight is 251 g/mol. The molecule has 0 saturated heterocycles. The van der Waals surface area contributed by atoms with Crippen LogP contribution in [0.2, 0.25) is 0 Å². The Bertz CT molecular complexity index is 683. The first-order valence-corrected chi connectivity index (χ1v) is 5.98. The lowest BCUT2D eigenvalue weighted by Gasteiger charge is -2.03. The van der Waals surface area contributed by atoms with Crippen molar-refractivity contribution in [3.05, 3.63) is 66.1 Å². The van der Waals surface area contributed by atoms with E-state index in [1.807, 2.05) is 42.5 Å². The predicted molar refractivity (Wildman–Crippen MR) is 75.2 cm³/mol. The van der Waals surface area contributed by atoms with E-state index in [1.165, 1.54) is 0 Å². The lowest BCUT2D eigenvalue weighted by molar-refractivity contribution is 0.214. The molecule has 3 aromatic rings. The second kappa shape index (κ2) is 4.94. The Kier molecular flexibility index (Phi) is 2.98. The van der Waals surface area contributed by atoms with Gasteiger partial charge in [0.05, 0.1) is 17.4 Å². The Balaban J connectivity index is 2.13. The molecule has 3 rings (SSSR count). The van der Waals surface area contributed by atoms with Crippen LogP contribution in [0.3, 0.4) is 0 Å². The number of aromatic nitrogens is 2. The van der Waals surface area contributed by atoms with Gasteiger partial charge < -0.3 is 9.82 Å². The summed E-state index contributed by atoms with van der Waals surface area (Å²) in [6, 6.07) is 13.9. The van der Waals surface area contributed by atoms with Crippen molar-refractivity contribution in [2.24, 2.45) is 5.16 Å². The summed E-state index contributed by atoms with van der Waals surface area (Å²) in [6.07, 6.45) is 3.57. The van der Waals surface area contributed by atoms with Gasteiger partial charge in [-0.2, -0.15) is 0 Å². The number of hydrogen-bond donors (Lipinski definition) is 1. The molecule has 94 valence electrons. The van der Waals surface area contributed by atoms with Crippen LogP contribution in [0.5, 0.6) is 0 Å². The monoisotopic (exact) mass is 251 g/mol. The fraction of sp³-hybridized carbons (Fsp3) is 0.0667. The fourth-order valence-corrected chi connectivity index (χ4v) is 2.04. The summed E-state index contributed by atoms with van der Waals surface area (Å²) >= 11 is 0. The van der Waals surface area contributed by atoms with Crippen molar-refractivity contribution in [3.8, 4) is 0 Å². The van der Waals surface area contributed by atoms with Crippen LogP contribution in [0.4, 0.5) is 0 Å². The Morgan fingerprint density at radius 3 is 2.79 bits per heavy atom. The number of fused-ring (bicyclic) bond motifs is 1. The van der Waals surface area contributed by atoms with Crippen LogP contribution < -0.4 is 0 Å². The van der Waals surface area contributed by atoms with Crippen molar-refractivity contribution >= 4 is 16.6 Å². The van der Waals surface area contributed by atoms with E-state index >= 15 is 0 Å². The minimum atomic E-state index is 0.777. The van der Waals surface area contributed by atoms with Crippen LogP contribution in [0.1, 0.15) is 11.3 Å². The van der Waals surface area contributed by atoms with Crippen molar-refractivity contribution in [3.63, 3.8) is 0 Å². The van der Waals surface area contributed by atoms with Gasteiger partial charge in [0.1, 0.15) is 12.8 Å². The summed E-state index contributed by atoms with van der Waals surface area (Å²) in [5.41, 5.74) is 3.68. The molecule has 19 heavy (non-hydrogen) atoms. The van der Waals surface area contributed by atoms with Crippen molar-refractivity contribution in [1.82, 2.24) is 9.97 Å². The van der Waals surface area contributed by atoms with E-state index in [0.717, 1.165) is 27.9 Å². The number of nitrogens with one attached hydrogen (secondary N) is 1. The molecule has 0 spiro atoms. The first-order valence-electron chi connectivity index (χ1n) is 5.98. The molecule has 2 aromatic heterocycles. The van der Waals surface area contributed by atoms with Gasteiger partial charge in [-0.1, -0.05) is 35.5 Å². The fourth-order valence-electron chi connectivity index (χ4n) is 2.04. The summed E-state index contributed by atoms with van der Waals surface area (Å²) in [7, 11) is 1.55. The quantitative estimate of drug-likeness (QED) is 0.574. The molecule has 1 aromatic carbocycles. The molecule has 0 fully saturated rings. The third-order valence-electron chi connectivity index (χ3n) is 2.91. The third kappa shape index (κ3) is 2.20. The SMILES string of the molecule is CO/N=C(/c1ccccc1)c1cc2ccncc2[nH]1. The van der Waals surface area contributed by atoms with E-state index in [-0.39, 0.29) is 0 Å². The van der Waals surface area contributed by atoms with Crippen molar-refractivity contribution in [2.45, 2.75) is 0 Å². The zero-order valence-corrected chi connectivity index (χ0v) is 10.5. The molecule has 0 radical (unpaired) electrons. The maximum absolute atomic E-state index is 4.96. The number of nitrogens with zero attached hydrogens (tertiary/aromatic N) is 2. The van der Waals surface area contributed by atoms with Crippen LogP contribution in [0, 0.1) is 0 Å². The molecule has 0 aliphatic rings. The highest BCUT2D eigenvalue weighted by Gasteiger charge is 2.10. The van der Waals surface area contributed by atoms with E-state index in [4.69, 9.17) is 4.84 Å². The normalized spacial score (nSPS) is 11.7. The molecule has 0 bridgehead atoms. The standard InChI is InChI=1S/C15H13N3O/c1-19-18-15(11-5-3-2-4-6-11)13-9-12-7-8-16-10-14(12)17-13/h2-10,17H,1H3/b18-15-. The minimum absolute atomic E-state index is 0.777. The molecule has 4 heteroatoms. The van der Waals surface area contributed by atoms with E-state index < -0.39 is 0 Å². The molecule has 0 unspecified atom stereocenters. The summed E-state index contributed by atoms with van der Waals surface area (Å²) in [4.78, 5) is 12.4. The van der Waals surface area contributed by atoms with E-state index in [0.29, 0.717) is 0 Å². The van der Waals surface area contributed by atoms with Gasteiger partial charge in [-0.15, -0.1) is 0 Å². The van der Waals surface area contributed by atoms with Crippen molar-refractivity contribution < 1.29 is 4.84 Å². The topological polar surface area (TPSA) is 50.3 Å². The van der Waals surface area contributed by atoms with Crippen molar-refractivity contribution in [1.29, 1.82) is 0 Å². The summed E-state index contributed by atoms with van der Waals surface area (Å²) in [5, 5.41) is 5.23. The lowest BCUT2D eigenvalue weighted by atomic mass is 10.1. The Labute approximate surface area is 110 Å². The van der Waals surface area contributed by atoms with E-state index in [9.17, 15) is 0 Å². The molecule has 0 atom stereocenters. The van der Waals surface area contributed by atoms with Crippen LogP contribution in [-0.4, -0.2) is 22.8 Å². The molecule has 2 heterocycles. The van der Waals surface area contributed by atoms with Gasteiger partial charge in [-0.05, 0) is 12.1 Å². The molecule has 0 saturated carbocycles. The summed E-state index contributed by atoms with van der Waals surface area (Å²) in [5.74, 6) is 0. The van der Waals surface area contributed by atoms with E-state index in [2.05, 4.69) is 15.1 Å². The largest absolute Gasteiger partial charge is 0.399 e. The van der Waals surface area contributed by atoms with Crippen LogP contribution in [-0.2, 0) is 4.84 Å². The second-order valence-electron chi connectivity index (χ2n) is 4.13. The summed E-state index contributed by atoms with van der Waals surface area (Å²) < 4.78 is 0. The zero-order valence-electron chi connectivity index (χ0n) is 10.5. The first-order chi connectivity index (χ1) is 9.38. The molecule has 4 nitrogen and oxygen atoms in total. The molecule has 0 aliphatic carbocycles. The Hall–Kier alpha value is -2.62. The number of rotatable bonds is 3. The Morgan fingerprint density at radius 1 is 1.21 bits per heavy atom.